The lowest BCUT2D eigenvalue weighted by Gasteiger charge is -2.16. The van der Waals surface area contributed by atoms with Crippen molar-refractivity contribution < 1.29 is 0 Å². The van der Waals surface area contributed by atoms with Gasteiger partial charge >= 0.3 is 0 Å². The molecule has 1 atom stereocenters. The lowest BCUT2D eigenvalue weighted by atomic mass is 10.1. The second-order valence-electron chi connectivity index (χ2n) is 5.77. The van der Waals surface area contributed by atoms with Crippen molar-refractivity contribution in [3.05, 3.63) is 70.0 Å². The predicted molar refractivity (Wildman–Crippen MR) is 88.1 cm³/mol. The van der Waals surface area contributed by atoms with E-state index in [1.807, 2.05) is 45.0 Å². The highest BCUT2D eigenvalue weighted by molar-refractivity contribution is 5.81. The average Bonchev–Trinajstić information content (AvgIpc) is 2.52. The summed E-state index contributed by atoms with van der Waals surface area (Å²) in [6.07, 6.45) is 5.99. The van der Waals surface area contributed by atoms with Crippen molar-refractivity contribution >= 4 is 10.9 Å². The Hall–Kier alpha value is -2.49. The van der Waals surface area contributed by atoms with Crippen molar-refractivity contribution in [3.63, 3.8) is 0 Å². The summed E-state index contributed by atoms with van der Waals surface area (Å²) in [5.74, 6) is 0. The Morgan fingerprint density at radius 3 is 2.59 bits per heavy atom. The quantitative estimate of drug-likeness (QED) is 0.745. The Kier molecular flexibility index (Phi) is 3.75. The molecule has 3 aromatic rings. The summed E-state index contributed by atoms with van der Waals surface area (Å²) in [6, 6.07) is 7.86. The van der Waals surface area contributed by atoms with E-state index in [1.54, 1.807) is 23.3 Å². The minimum absolute atomic E-state index is 0.0228. The van der Waals surface area contributed by atoms with Gasteiger partial charge in [0.15, 0.2) is 0 Å². The molecule has 4 nitrogen and oxygen atoms in total. The van der Waals surface area contributed by atoms with E-state index in [1.165, 1.54) is 0 Å². The molecule has 0 bridgehead atoms. The van der Waals surface area contributed by atoms with E-state index in [4.69, 9.17) is 0 Å². The molecular formula is C18H19N3O. The highest BCUT2D eigenvalue weighted by atomic mass is 16.1. The fourth-order valence-corrected chi connectivity index (χ4v) is 2.72. The molecule has 0 aliphatic rings. The summed E-state index contributed by atoms with van der Waals surface area (Å²) < 4.78 is 1.72. The SMILES string of the molecule is Cc1ccc2c(=O)n([C@H](C)Cc3ccncc3)cnc2c1C. The maximum Gasteiger partial charge on any atom is 0.261 e. The van der Waals surface area contributed by atoms with Gasteiger partial charge in [-0.05, 0) is 62.1 Å². The van der Waals surface area contributed by atoms with E-state index < -0.39 is 0 Å². The summed E-state index contributed by atoms with van der Waals surface area (Å²) >= 11 is 0. The van der Waals surface area contributed by atoms with Crippen LogP contribution in [0.2, 0.25) is 0 Å². The fraction of sp³-hybridized carbons (Fsp3) is 0.278. The maximum absolute atomic E-state index is 12.7. The molecule has 0 aliphatic heterocycles. The third-order valence-electron chi connectivity index (χ3n) is 4.23. The summed E-state index contributed by atoms with van der Waals surface area (Å²) in [6.45, 7) is 6.08. The molecule has 1 aromatic carbocycles. The number of nitrogens with zero attached hydrogens (tertiary/aromatic N) is 3. The van der Waals surface area contributed by atoms with Crippen molar-refractivity contribution in [1.29, 1.82) is 0 Å². The molecule has 0 aliphatic carbocycles. The zero-order chi connectivity index (χ0) is 15.7. The number of fused-ring (bicyclic) bond motifs is 1. The first-order chi connectivity index (χ1) is 10.6. The molecule has 0 radical (unpaired) electrons. The molecule has 0 N–H and O–H groups in total. The fourth-order valence-electron chi connectivity index (χ4n) is 2.72. The lowest BCUT2D eigenvalue weighted by molar-refractivity contribution is 0.523. The Balaban J connectivity index is 2.03. The van der Waals surface area contributed by atoms with Gasteiger partial charge in [0, 0.05) is 18.4 Å². The summed E-state index contributed by atoms with van der Waals surface area (Å²) in [5.41, 5.74) is 4.21. The van der Waals surface area contributed by atoms with Gasteiger partial charge in [-0.25, -0.2) is 4.98 Å². The van der Waals surface area contributed by atoms with Crippen molar-refractivity contribution in [2.24, 2.45) is 0 Å². The molecule has 4 heteroatoms. The zero-order valence-corrected chi connectivity index (χ0v) is 13.1. The lowest BCUT2D eigenvalue weighted by Crippen LogP contribution is -2.25. The van der Waals surface area contributed by atoms with E-state index in [-0.39, 0.29) is 11.6 Å². The highest BCUT2D eigenvalue weighted by Crippen LogP contribution is 2.18. The molecule has 2 aromatic heterocycles. The van der Waals surface area contributed by atoms with E-state index in [0.29, 0.717) is 5.39 Å². The molecule has 0 unspecified atom stereocenters. The first-order valence-corrected chi connectivity index (χ1v) is 7.44. The molecule has 0 spiro atoms. The minimum Gasteiger partial charge on any atom is -0.296 e. The van der Waals surface area contributed by atoms with Crippen LogP contribution in [0.1, 0.15) is 29.7 Å². The maximum atomic E-state index is 12.7. The number of pyridine rings is 1. The molecule has 2 heterocycles. The van der Waals surface area contributed by atoms with Crippen molar-refractivity contribution in [3.8, 4) is 0 Å². The number of aryl methyl sites for hydroxylation is 2. The predicted octanol–water partition coefficient (Wildman–Crippen LogP) is 3.21. The van der Waals surface area contributed by atoms with E-state index in [2.05, 4.69) is 9.97 Å². The molecule has 0 saturated heterocycles. The third-order valence-corrected chi connectivity index (χ3v) is 4.23. The first-order valence-electron chi connectivity index (χ1n) is 7.44. The van der Waals surface area contributed by atoms with E-state index in [0.717, 1.165) is 28.6 Å². The molecule has 0 saturated carbocycles. The van der Waals surface area contributed by atoms with Crippen LogP contribution in [-0.4, -0.2) is 14.5 Å². The van der Waals surface area contributed by atoms with Crippen LogP contribution in [0.3, 0.4) is 0 Å². The van der Waals surface area contributed by atoms with Gasteiger partial charge < -0.3 is 0 Å². The standard InChI is InChI=1S/C18H19N3O/c1-12-4-5-16-17(14(12)3)20-11-21(18(16)22)13(2)10-15-6-8-19-9-7-15/h4-9,11,13H,10H2,1-3H3/t13-/m1/s1. The van der Waals surface area contributed by atoms with Gasteiger partial charge in [-0.1, -0.05) is 6.07 Å². The molecule has 0 fully saturated rings. The number of benzene rings is 1. The van der Waals surface area contributed by atoms with Gasteiger partial charge in [0.25, 0.3) is 5.56 Å². The van der Waals surface area contributed by atoms with Gasteiger partial charge in [-0.3, -0.25) is 14.3 Å². The monoisotopic (exact) mass is 293 g/mol. The summed E-state index contributed by atoms with van der Waals surface area (Å²) in [7, 11) is 0. The smallest absolute Gasteiger partial charge is 0.261 e. The Morgan fingerprint density at radius 2 is 1.86 bits per heavy atom. The Labute approximate surface area is 129 Å². The molecule has 22 heavy (non-hydrogen) atoms. The van der Waals surface area contributed by atoms with Gasteiger partial charge in [-0.15, -0.1) is 0 Å². The van der Waals surface area contributed by atoms with Crippen LogP contribution < -0.4 is 5.56 Å². The molecule has 3 rings (SSSR count). The van der Waals surface area contributed by atoms with Gasteiger partial charge in [0.05, 0.1) is 17.2 Å². The van der Waals surface area contributed by atoms with Crippen LogP contribution >= 0.6 is 0 Å². The van der Waals surface area contributed by atoms with Crippen LogP contribution in [0.25, 0.3) is 10.9 Å². The first kappa shape index (κ1) is 14.4. The van der Waals surface area contributed by atoms with Crippen LogP contribution in [0.15, 0.2) is 47.8 Å². The van der Waals surface area contributed by atoms with Gasteiger partial charge in [0.1, 0.15) is 0 Å². The van der Waals surface area contributed by atoms with Crippen molar-refractivity contribution in [2.75, 3.05) is 0 Å². The topological polar surface area (TPSA) is 47.8 Å². The van der Waals surface area contributed by atoms with Crippen LogP contribution in [0.5, 0.6) is 0 Å². The Bertz CT molecular complexity index is 869. The van der Waals surface area contributed by atoms with Crippen molar-refractivity contribution in [1.82, 2.24) is 14.5 Å². The van der Waals surface area contributed by atoms with Gasteiger partial charge in [0.2, 0.25) is 0 Å². The van der Waals surface area contributed by atoms with Gasteiger partial charge in [-0.2, -0.15) is 0 Å². The zero-order valence-electron chi connectivity index (χ0n) is 13.1. The van der Waals surface area contributed by atoms with E-state index in [9.17, 15) is 4.79 Å². The summed E-state index contributed by atoms with van der Waals surface area (Å²) in [4.78, 5) is 21.3. The highest BCUT2D eigenvalue weighted by Gasteiger charge is 2.12. The average molecular weight is 293 g/mol. The number of rotatable bonds is 3. The van der Waals surface area contributed by atoms with E-state index >= 15 is 0 Å². The molecular weight excluding hydrogens is 274 g/mol. The third kappa shape index (κ3) is 2.52. The normalized spacial score (nSPS) is 12.5. The Morgan fingerprint density at radius 1 is 1.14 bits per heavy atom. The number of hydrogen-bond acceptors (Lipinski definition) is 3. The van der Waals surface area contributed by atoms with Crippen LogP contribution in [0, 0.1) is 13.8 Å². The number of hydrogen-bond donors (Lipinski definition) is 0. The molecule has 112 valence electrons. The van der Waals surface area contributed by atoms with Crippen LogP contribution in [-0.2, 0) is 6.42 Å². The second-order valence-corrected chi connectivity index (χ2v) is 5.77. The number of aromatic nitrogens is 3. The second kappa shape index (κ2) is 5.72. The largest absolute Gasteiger partial charge is 0.296 e. The van der Waals surface area contributed by atoms with Crippen molar-refractivity contribution in [2.45, 2.75) is 33.2 Å². The summed E-state index contributed by atoms with van der Waals surface area (Å²) in [5, 5.41) is 0.687. The van der Waals surface area contributed by atoms with Crippen LogP contribution in [0.4, 0.5) is 0 Å². The minimum atomic E-state index is 0.0228. The molecule has 0 amide bonds.